The van der Waals surface area contributed by atoms with Crippen molar-refractivity contribution in [2.24, 2.45) is 0 Å². The van der Waals surface area contributed by atoms with Crippen LogP contribution >= 0.6 is 0 Å². The van der Waals surface area contributed by atoms with Crippen LogP contribution < -0.4 is 5.56 Å². The molecule has 0 bridgehead atoms. The van der Waals surface area contributed by atoms with Crippen LogP contribution in [-0.4, -0.2) is 27.9 Å². The molecule has 16 heavy (non-hydrogen) atoms. The highest BCUT2D eigenvalue weighted by molar-refractivity contribution is 5.94. The van der Waals surface area contributed by atoms with Gasteiger partial charge in [0, 0.05) is 18.3 Å². The fraction of sp³-hybridized carbons (Fsp3) is 0.500. The number of aromatic amines is 1. The second-order valence-corrected chi connectivity index (χ2v) is 4.31. The summed E-state index contributed by atoms with van der Waals surface area (Å²) in [7, 11) is 0. The molecule has 0 unspecified atom stereocenters. The molecule has 0 aliphatic rings. The maximum Gasteiger partial charge on any atom is 0.260 e. The van der Waals surface area contributed by atoms with Crippen molar-refractivity contribution in [1.82, 2.24) is 9.88 Å². The molecule has 4 nitrogen and oxygen atoms in total. The van der Waals surface area contributed by atoms with E-state index in [0.29, 0.717) is 0 Å². The molecular formula is C12H18N2O2. The Morgan fingerprint density at radius 3 is 2.25 bits per heavy atom. The van der Waals surface area contributed by atoms with Crippen LogP contribution in [0.15, 0.2) is 23.1 Å². The SMILES string of the molecule is CC(C)N(C(=O)c1ccc[nH]c1=O)C(C)C. The molecule has 88 valence electrons. The molecule has 0 radical (unpaired) electrons. The van der Waals surface area contributed by atoms with Gasteiger partial charge in [0.15, 0.2) is 0 Å². The average molecular weight is 222 g/mol. The van der Waals surface area contributed by atoms with E-state index >= 15 is 0 Å². The molecule has 1 amide bonds. The van der Waals surface area contributed by atoms with Gasteiger partial charge in [0.1, 0.15) is 5.56 Å². The molecule has 1 aromatic heterocycles. The molecule has 1 rings (SSSR count). The minimum absolute atomic E-state index is 0.0760. The Balaban J connectivity index is 3.10. The highest BCUT2D eigenvalue weighted by Crippen LogP contribution is 2.09. The number of pyridine rings is 1. The highest BCUT2D eigenvalue weighted by atomic mass is 16.2. The number of nitrogens with one attached hydrogen (secondary N) is 1. The maximum absolute atomic E-state index is 12.2. The monoisotopic (exact) mass is 222 g/mol. The molecule has 4 heteroatoms. The molecule has 1 aromatic rings. The lowest BCUT2D eigenvalue weighted by Gasteiger charge is -2.30. The molecule has 0 aromatic carbocycles. The third-order valence-corrected chi connectivity index (χ3v) is 2.40. The van der Waals surface area contributed by atoms with Gasteiger partial charge < -0.3 is 9.88 Å². The average Bonchev–Trinajstić information content (AvgIpc) is 2.16. The largest absolute Gasteiger partial charge is 0.334 e. The zero-order valence-corrected chi connectivity index (χ0v) is 10.2. The lowest BCUT2D eigenvalue weighted by Crippen LogP contribution is -2.43. The Labute approximate surface area is 95.3 Å². The first kappa shape index (κ1) is 12.5. The fourth-order valence-electron chi connectivity index (χ4n) is 1.79. The first-order valence-electron chi connectivity index (χ1n) is 5.45. The Morgan fingerprint density at radius 2 is 1.81 bits per heavy atom. The Bertz CT molecular complexity index is 413. The van der Waals surface area contributed by atoms with E-state index in [1.807, 2.05) is 27.7 Å². The van der Waals surface area contributed by atoms with Crippen LogP contribution in [0.3, 0.4) is 0 Å². The molecule has 0 spiro atoms. The van der Waals surface area contributed by atoms with Gasteiger partial charge in [-0.2, -0.15) is 0 Å². The summed E-state index contributed by atoms with van der Waals surface area (Å²) in [6.07, 6.45) is 1.52. The topological polar surface area (TPSA) is 53.2 Å². The van der Waals surface area contributed by atoms with Crippen LogP contribution in [0, 0.1) is 0 Å². The summed E-state index contributed by atoms with van der Waals surface area (Å²) in [4.78, 5) is 27.9. The number of aromatic nitrogens is 1. The number of rotatable bonds is 3. The summed E-state index contributed by atoms with van der Waals surface area (Å²) in [6, 6.07) is 3.37. The van der Waals surface area contributed by atoms with Gasteiger partial charge in [-0.15, -0.1) is 0 Å². The third kappa shape index (κ3) is 2.51. The summed E-state index contributed by atoms with van der Waals surface area (Å²) in [5, 5.41) is 0. The predicted molar refractivity (Wildman–Crippen MR) is 63.5 cm³/mol. The molecule has 0 saturated heterocycles. The van der Waals surface area contributed by atoms with Gasteiger partial charge in [0.25, 0.3) is 11.5 Å². The molecule has 0 saturated carbocycles. The molecule has 0 atom stereocenters. The number of hydrogen-bond acceptors (Lipinski definition) is 2. The first-order valence-corrected chi connectivity index (χ1v) is 5.45. The molecule has 1 N–H and O–H groups in total. The summed E-state index contributed by atoms with van der Waals surface area (Å²) in [6.45, 7) is 7.76. The molecule has 0 aliphatic carbocycles. The van der Waals surface area contributed by atoms with Crippen LogP contribution in [0.5, 0.6) is 0 Å². The van der Waals surface area contributed by atoms with Crippen LogP contribution in [0.1, 0.15) is 38.1 Å². The van der Waals surface area contributed by atoms with Gasteiger partial charge >= 0.3 is 0 Å². The number of nitrogens with zero attached hydrogens (tertiary/aromatic N) is 1. The smallest absolute Gasteiger partial charge is 0.260 e. The minimum Gasteiger partial charge on any atom is -0.334 e. The predicted octanol–water partition coefficient (Wildman–Crippen LogP) is 1.63. The Hall–Kier alpha value is -1.58. The minimum atomic E-state index is -0.334. The summed E-state index contributed by atoms with van der Waals surface area (Å²) in [5.41, 5.74) is -0.135. The van der Waals surface area contributed by atoms with Gasteiger partial charge in [-0.25, -0.2) is 0 Å². The van der Waals surface area contributed by atoms with Crippen molar-refractivity contribution in [2.75, 3.05) is 0 Å². The quantitative estimate of drug-likeness (QED) is 0.845. The van der Waals surface area contributed by atoms with Crippen molar-refractivity contribution < 1.29 is 4.79 Å². The second kappa shape index (κ2) is 4.96. The first-order chi connectivity index (χ1) is 7.45. The van der Waals surface area contributed by atoms with Crippen LogP contribution in [-0.2, 0) is 0 Å². The normalized spacial score (nSPS) is 10.9. The van der Waals surface area contributed by atoms with Crippen molar-refractivity contribution in [3.05, 3.63) is 34.2 Å². The third-order valence-electron chi connectivity index (χ3n) is 2.40. The number of hydrogen-bond donors (Lipinski definition) is 1. The van der Waals surface area contributed by atoms with Crippen molar-refractivity contribution in [3.63, 3.8) is 0 Å². The van der Waals surface area contributed by atoms with Crippen molar-refractivity contribution in [1.29, 1.82) is 0 Å². The Morgan fingerprint density at radius 1 is 1.25 bits per heavy atom. The van der Waals surface area contributed by atoms with Gasteiger partial charge in [-0.3, -0.25) is 9.59 Å². The number of amides is 1. The van der Waals surface area contributed by atoms with E-state index < -0.39 is 0 Å². The van der Waals surface area contributed by atoms with Gasteiger partial charge in [-0.05, 0) is 39.8 Å². The summed E-state index contributed by atoms with van der Waals surface area (Å²) in [5.74, 6) is -0.216. The number of H-pyrrole nitrogens is 1. The van der Waals surface area contributed by atoms with Crippen molar-refractivity contribution in [2.45, 2.75) is 39.8 Å². The highest BCUT2D eigenvalue weighted by Gasteiger charge is 2.23. The van der Waals surface area contributed by atoms with Gasteiger partial charge in [0.05, 0.1) is 0 Å². The van der Waals surface area contributed by atoms with E-state index in [0.717, 1.165) is 0 Å². The van der Waals surface area contributed by atoms with E-state index in [9.17, 15) is 9.59 Å². The van der Waals surface area contributed by atoms with Gasteiger partial charge in [-0.1, -0.05) is 0 Å². The van der Waals surface area contributed by atoms with Gasteiger partial charge in [0.2, 0.25) is 0 Å². The van der Waals surface area contributed by atoms with E-state index in [1.54, 1.807) is 17.0 Å². The van der Waals surface area contributed by atoms with Crippen LogP contribution in [0.25, 0.3) is 0 Å². The van der Waals surface area contributed by atoms with E-state index in [4.69, 9.17) is 0 Å². The molecule has 0 fully saturated rings. The summed E-state index contributed by atoms with van der Waals surface area (Å²) >= 11 is 0. The fourth-order valence-corrected chi connectivity index (χ4v) is 1.79. The summed E-state index contributed by atoms with van der Waals surface area (Å²) < 4.78 is 0. The van der Waals surface area contributed by atoms with Crippen molar-refractivity contribution in [3.8, 4) is 0 Å². The van der Waals surface area contributed by atoms with Crippen LogP contribution in [0.4, 0.5) is 0 Å². The molecular weight excluding hydrogens is 204 g/mol. The lowest BCUT2D eigenvalue weighted by atomic mass is 10.1. The Kier molecular flexibility index (Phi) is 3.88. The van der Waals surface area contributed by atoms with E-state index in [-0.39, 0.29) is 29.1 Å². The van der Waals surface area contributed by atoms with E-state index in [1.165, 1.54) is 6.20 Å². The van der Waals surface area contributed by atoms with E-state index in [2.05, 4.69) is 4.98 Å². The lowest BCUT2D eigenvalue weighted by molar-refractivity contribution is 0.0642. The van der Waals surface area contributed by atoms with Crippen LogP contribution in [0.2, 0.25) is 0 Å². The zero-order valence-electron chi connectivity index (χ0n) is 10.2. The molecule has 1 heterocycles. The number of carbonyl (C=O) groups is 1. The maximum atomic E-state index is 12.2. The molecule has 0 aliphatic heterocycles. The van der Waals surface area contributed by atoms with Crippen molar-refractivity contribution >= 4 is 5.91 Å². The second-order valence-electron chi connectivity index (χ2n) is 4.31. The zero-order chi connectivity index (χ0) is 12.3. The standard InChI is InChI=1S/C12H18N2O2/c1-8(2)14(9(3)4)12(16)10-6-5-7-13-11(10)15/h5-9H,1-4H3,(H,13,15). The number of carbonyl (C=O) groups excluding carboxylic acids is 1.